The fraction of sp³-hybridized carbons (Fsp3) is 0.0323. The largest absolute Gasteiger partial charge is 0.356 e. The molecule has 0 aliphatic carbocycles. The van der Waals surface area contributed by atoms with Gasteiger partial charge in [0.05, 0.1) is 4.90 Å². The Morgan fingerprint density at radius 1 is 0.486 bits per heavy atom. The Balaban J connectivity index is 1.52. The van der Waals surface area contributed by atoms with Crippen LogP contribution in [0.5, 0.6) is 0 Å². The highest BCUT2D eigenvalue weighted by atomic mass is 32.2. The number of hydrogen-bond donors (Lipinski definition) is 3. The molecule has 3 N–H and O–H groups in total. The monoisotopic (exact) mass is 506 g/mol. The standard InChI is InChI=1S/C31H26N2O3S/c34-37(35,36)30-14-8-7-13-29(30)31(23-15-19-27(20-16-23)32-25-9-3-1-4-10-25)24-17-21-28(22-18-24)33-26-11-5-2-6-12-26/h1-22,31-33H,(H,34,35,36). The van der Waals surface area contributed by atoms with Gasteiger partial charge in [0.2, 0.25) is 0 Å². The Morgan fingerprint density at radius 3 is 1.30 bits per heavy atom. The molecule has 0 atom stereocenters. The van der Waals surface area contributed by atoms with Crippen molar-refractivity contribution < 1.29 is 13.0 Å². The van der Waals surface area contributed by atoms with Crippen LogP contribution < -0.4 is 10.6 Å². The molecule has 0 aliphatic heterocycles. The molecule has 0 aromatic heterocycles. The molecule has 5 aromatic carbocycles. The number of benzene rings is 5. The van der Waals surface area contributed by atoms with Gasteiger partial charge in [-0.1, -0.05) is 78.9 Å². The predicted molar refractivity (Wildman–Crippen MR) is 150 cm³/mol. The lowest BCUT2D eigenvalue weighted by Gasteiger charge is -2.22. The van der Waals surface area contributed by atoms with Crippen LogP contribution in [0.15, 0.2) is 138 Å². The molecular formula is C31H26N2O3S. The molecule has 0 aliphatic rings. The predicted octanol–water partition coefficient (Wildman–Crippen LogP) is 7.60. The van der Waals surface area contributed by atoms with Gasteiger partial charge in [-0.2, -0.15) is 8.42 Å². The van der Waals surface area contributed by atoms with Crippen LogP contribution in [0.4, 0.5) is 22.7 Å². The van der Waals surface area contributed by atoms with E-state index in [2.05, 4.69) is 10.6 Å². The molecule has 0 saturated carbocycles. The number of nitrogens with one attached hydrogen (secondary N) is 2. The molecule has 0 saturated heterocycles. The summed E-state index contributed by atoms with van der Waals surface area (Å²) in [5.41, 5.74) is 6.10. The highest BCUT2D eigenvalue weighted by Crippen LogP contribution is 2.37. The lowest BCUT2D eigenvalue weighted by atomic mass is 9.85. The summed E-state index contributed by atoms with van der Waals surface area (Å²) in [6.45, 7) is 0. The van der Waals surface area contributed by atoms with Gasteiger partial charge >= 0.3 is 0 Å². The van der Waals surface area contributed by atoms with E-state index in [0.29, 0.717) is 5.56 Å². The molecule has 184 valence electrons. The Labute approximate surface area is 217 Å². The zero-order valence-electron chi connectivity index (χ0n) is 20.0. The normalized spacial score (nSPS) is 11.3. The van der Waals surface area contributed by atoms with Gasteiger partial charge in [0, 0.05) is 28.7 Å². The fourth-order valence-electron chi connectivity index (χ4n) is 4.40. The number of hydrogen-bond acceptors (Lipinski definition) is 4. The second-order valence-electron chi connectivity index (χ2n) is 8.67. The van der Waals surface area contributed by atoms with Crippen molar-refractivity contribution in [1.82, 2.24) is 0 Å². The smallest absolute Gasteiger partial charge is 0.294 e. The Morgan fingerprint density at radius 2 is 0.865 bits per heavy atom. The molecule has 0 unspecified atom stereocenters. The first-order valence-electron chi connectivity index (χ1n) is 11.9. The summed E-state index contributed by atoms with van der Waals surface area (Å²) in [6.07, 6.45) is 0. The van der Waals surface area contributed by atoms with Crippen LogP contribution in [0, 0.1) is 0 Å². The van der Waals surface area contributed by atoms with Gasteiger partial charge in [0.15, 0.2) is 0 Å². The molecule has 37 heavy (non-hydrogen) atoms. The molecule has 0 heterocycles. The van der Waals surface area contributed by atoms with Crippen LogP contribution in [0.25, 0.3) is 0 Å². The highest BCUT2D eigenvalue weighted by Gasteiger charge is 2.24. The molecule has 5 aromatic rings. The second kappa shape index (κ2) is 10.7. The first kappa shape index (κ1) is 24.3. The van der Waals surface area contributed by atoms with Crippen molar-refractivity contribution in [2.45, 2.75) is 10.8 Å². The summed E-state index contributed by atoms with van der Waals surface area (Å²) in [7, 11) is -4.42. The Kier molecular flexibility index (Phi) is 7.03. The highest BCUT2D eigenvalue weighted by molar-refractivity contribution is 7.85. The van der Waals surface area contributed by atoms with Gasteiger partial charge in [0.1, 0.15) is 0 Å². The van der Waals surface area contributed by atoms with Crippen molar-refractivity contribution in [3.8, 4) is 0 Å². The van der Waals surface area contributed by atoms with Crippen LogP contribution in [-0.2, 0) is 10.1 Å². The van der Waals surface area contributed by atoms with Crippen LogP contribution in [0.1, 0.15) is 22.6 Å². The summed E-state index contributed by atoms with van der Waals surface area (Å²) in [6, 6.07) is 42.1. The molecule has 5 nitrogen and oxygen atoms in total. The van der Waals surface area contributed by atoms with E-state index in [-0.39, 0.29) is 4.90 Å². The van der Waals surface area contributed by atoms with E-state index >= 15 is 0 Å². The number of rotatable bonds is 8. The minimum atomic E-state index is -4.42. The van der Waals surface area contributed by atoms with Gasteiger partial charge in [-0.15, -0.1) is 0 Å². The van der Waals surface area contributed by atoms with E-state index in [0.717, 1.165) is 33.9 Å². The minimum absolute atomic E-state index is 0.0991. The van der Waals surface area contributed by atoms with Crippen molar-refractivity contribution in [2.75, 3.05) is 10.6 Å². The van der Waals surface area contributed by atoms with E-state index < -0.39 is 16.0 Å². The van der Waals surface area contributed by atoms with Gasteiger partial charge in [-0.05, 0) is 71.3 Å². The lowest BCUT2D eigenvalue weighted by Crippen LogP contribution is -2.10. The average Bonchev–Trinajstić information content (AvgIpc) is 2.92. The van der Waals surface area contributed by atoms with Gasteiger partial charge in [0.25, 0.3) is 10.1 Å². The molecule has 0 amide bonds. The van der Waals surface area contributed by atoms with Crippen molar-refractivity contribution in [1.29, 1.82) is 0 Å². The zero-order chi connectivity index (χ0) is 25.7. The fourth-order valence-corrected chi connectivity index (χ4v) is 5.13. The first-order chi connectivity index (χ1) is 18.0. The second-order valence-corrected chi connectivity index (χ2v) is 10.1. The summed E-state index contributed by atoms with van der Waals surface area (Å²) < 4.78 is 34.5. The number of para-hydroxylation sites is 2. The SMILES string of the molecule is O=S(=O)(O)c1ccccc1C(c1ccc(Nc2ccccc2)cc1)c1ccc(Nc2ccccc2)cc1. The van der Waals surface area contributed by atoms with Crippen molar-refractivity contribution in [3.05, 3.63) is 150 Å². The van der Waals surface area contributed by atoms with E-state index in [1.165, 1.54) is 6.07 Å². The molecule has 6 heteroatoms. The topological polar surface area (TPSA) is 78.4 Å². The van der Waals surface area contributed by atoms with Crippen LogP contribution in [0.2, 0.25) is 0 Å². The van der Waals surface area contributed by atoms with Gasteiger partial charge in [-0.3, -0.25) is 4.55 Å². The summed E-state index contributed by atoms with van der Waals surface area (Å²) in [5, 5.41) is 6.74. The summed E-state index contributed by atoms with van der Waals surface area (Å²) >= 11 is 0. The first-order valence-corrected chi connectivity index (χ1v) is 13.3. The maximum Gasteiger partial charge on any atom is 0.294 e. The third kappa shape index (κ3) is 5.89. The van der Waals surface area contributed by atoms with Gasteiger partial charge in [-0.25, -0.2) is 0 Å². The van der Waals surface area contributed by atoms with E-state index in [1.807, 2.05) is 109 Å². The molecule has 0 spiro atoms. The third-order valence-electron chi connectivity index (χ3n) is 6.12. The lowest BCUT2D eigenvalue weighted by molar-refractivity contribution is 0.482. The molecule has 0 fully saturated rings. The van der Waals surface area contributed by atoms with Crippen molar-refractivity contribution >= 4 is 32.9 Å². The van der Waals surface area contributed by atoms with Crippen LogP contribution in [-0.4, -0.2) is 13.0 Å². The number of anilines is 4. The van der Waals surface area contributed by atoms with E-state index in [9.17, 15) is 13.0 Å². The molecule has 5 rings (SSSR count). The van der Waals surface area contributed by atoms with E-state index in [1.54, 1.807) is 18.2 Å². The zero-order valence-corrected chi connectivity index (χ0v) is 20.8. The molecule has 0 bridgehead atoms. The maximum absolute atomic E-state index is 12.3. The quantitative estimate of drug-likeness (QED) is 0.149. The Bertz CT molecular complexity index is 1480. The van der Waals surface area contributed by atoms with Crippen LogP contribution in [0.3, 0.4) is 0 Å². The maximum atomic E-state index is 12.3. The third-order valence-corrected chi connectivity index (χ3v) is 7.05. The van der Waals surface area contributed by atoms with Crippen molar-refractivity contribution in [3.63, 3.8) is 0 Å². The van der Waals surface area contributed by atoms with Gasteiger partial charge < -0.3 is 10.6 Å². The van der Waals surface area contributed by atoms with Crippen LogP contribution >= 0.6 is 0 Å². The molecular weight excluding hydrogens is 480 g/mol. The van der Waals surface area contributed by atoms with Crippen molar-refractivity contribution in [2.24, 2.45) is 0 Å². The molecule has 0 radical (unpaired) electrons. The summed E-state index contributed by atoms with van der Waals surface area (Å²) in [4.78, 5) is -0.0991. The Hall–Kier alpha value is -4.39. The minimum Gasteiger partial charge on any atom is -0.356 e. The summed E-state index contributed by atoms with van der Waals surface area (Å²) in [5.74, 6) is -0.408. The average molecular weight is 507 g/mol. The van der Waals surface area contributed by atoms with E-state index in [4.69, 9.17) is 0 Å².